The maximum atomic E-state index is 12.4. The zero-order valence-corrected chi connectivity index (χ0v) is 21.6. The van der Waals surface area contributed by atoms with E-state index < -0.39 is 0 Å². The minimum atomic E-state index is 0.0938. The SMILES string of the molecule is CCCCCCn1c(CCCCCNC(=O)Cc2ccc(-c3ccccc3)cc2)nc2ccccc21. The molecule has 0 aliphatic heterocycles. The summed E-state index contributed by atoms with van der Waals surface area (Å²) in [5.41, 5.74) is 5.78. The van der Waals surface area contributed by atoms with Crippen molar-refractivity contribution < 1.29 is 4.79 Å². The van der Waals surface area contributed by atoms with Crippen LogP contribution in [0.3, 0.4) is 0 Å². The smallest absolute Gasteiger partial charge is 0.224 e. The normalized spacial score (nSPS) is 11.1. The average molecular weight is 482 g/mol. The van der Waals surface area contributed by atoms with Crippen LogP contribution < -0.4 is 5.32 Å². The van der Waals surface area contributed by atoms with Crippen LogP contribution in [0.2, 0.25) is 0 Å². The number of nitrogens with one attached hydrogen (secondary N) is 1. The second-order valence-electron chi connectivity index (χ2n) is 9.63. The quantitative estimate of drug-likeness (QED) is 0.191. The first-order valence-corrected chi connectivity index (χ1v) is 13.6. The Hall–Kier alpha value is -3.40. The summed E-state index contributed by atoms with van der Waals surface area (Å²) in [6, 6.07) is 27.1. The number of aromatic nitrogens is 2. The minimum Gasteiger partial charge on any atom is -0.356 e. The molecule has 0 aliphatic rings. The Bertz CT molecular complexity index is 1210. The molecule has 188 valence electrons. The van der Waals surface area contributed by atoms with Crippen LogP contribution in [0.5, 0.6) is 0 Å². The fourth-order valence-electron chi connectivity index (χ4n) is 4.77. The Morgan fingerprint density at radius 3 is 2.31 bits per heavy atom. The third-order valence-corrected chi connectivity index (χ3v) is 6.79. The fraction of sp³-hybridized carbons (Fsp3) is 0.375. The molecule has 0 atom stereocenters. The van der Waals surface area contributed by atoms with E-state index in [2.05, 4.69) is 77.5 Å². The predicted octanol–water partition coefficient (Wildman–Crippen LogP) is 7.36. The zero-order chi connectivity index (χ0) is 25.0. The number of fused-ring (bicyclic) bond motifs is 1. The molecular weight excluding hydrogens is 442 g/mol. The molecule has 4 rings (SSSR count). The lowest BCUT2D eigenvalue weighted by atomic mass is 10.0. The van der Waals surface area contributed by atoms with Gasteiger partial charge in [-0.05, 0) is 48.1 Å². The minimum absolute atomic E-state index is 0.0938. The average Bonchev–Trinajstić information content (AvgIpc) is 3.27. The van der Waals surface area contributed by atoms with Gasteiger partial charge in [0.1, 0.15) is 5.82 Å². The molecule has 0 saturated carbocycles. The number of unbranched alkanes of at least 4 members (excludes halogenated alkanes) is 5. The monoisotopic (exact) mass is 481 g/mol. The van der Waals surface area contributed by atoms with Crippen LogP contribution in [-0.4, -0.2) is 22.0 Å². The first-order chi connectivity index (χ1) is 17.7. The van der Waals surface area contributed by atoms with Crippen LogP contribution in [0.15, 0.2) is 78.9 Å². The molecule has 0 bridgehead atoms. The summed E-state index contributed by atoms with van der Waals surface area (Å²) in [5.74, 6) is 1.30. The number of amides is 1. The molecule has 0 radical (unpaired) electrons. The molecule has 0 fully saturated rings. The molecular formula is C32H39N3O. The van der Waals surface area contributed by atoms with Gasteiger partial charge in [0.2, 0.25) is 5.91 Å². The van der Waals surface area contributed by atoms with Gasteiger partial charge in [0, 0.05) is 19.5 Å². The summed E-state index contributed by atoms with van der Waals surface area (Å²) in [7, 11) is 0. The topological polar surface area (TPSA) is 46.9 Å². The number of para-hydroxylation sites is 2. The summed E-state index contributed by atoms with van der Waals surface area (Å²) in [6.45, 7) is 4.04. The first-order valence-electron chi connectivity index (χ1n) is 13.6. The van der Waals surface area contributed by atoms with Crippen molar-refractivity contribution in [2.24, 2.45) is 0 Å². The van der Waals surface area contributed by atoms with E-state index in [4.69, 9.17) is 4.98 Å². The number of carbonyl (C=O) groups excluding carboxylic acids is 1. The van der Waals surface area contributed by atoms with Gasteiger partial charge < -0.3 is 9.88 Å². The maximum absolute atomic E-state index is 12.4. The molecule has 0 unspecified atom stereocenters. The maximum Gasteiger partial charge on any atom is 0.224 e. The molecule has 0 spiro atoms. The Morgan fingerprint density at radius 2 is 1.50 bits per heavy atom. The fourth-order valence-corrected chi connectivity index (χ4v) is 4.77. The Labute approximate surface area is 215 Å². The number of rotatable bonds is 14. The molecule has 0 saturated heterocycles. The number of hydrogen-bond donors (Lipinski definition) is 1. The van der Waals surface area contributed by atoms with Crippen LogP contribution in [0, 0.1) is 0 Å². The highest BCUT2D eigenvalue weighted by molar-refractivity contribution is 5.79. The highest BCUT2D eigenvalue weighted by atomic mass is 16.1. The van der Waals surface area contributed by atoms with Crippen molar-refractivity contribution in [2.75, 3.05) is 6.54 Å². The number of nitrogens with zero attached hydrogens (tertiary/aromatic N) is 2. The molecule has 1 heterocycles. The number of benzene rings is 3. The highest BCUT2D eigenvalue weighted by Gasteiger charge is 2.10. The Kier molecular flexibility index (Phi) is 9.72. The lowest BCUT2D eigenvalue weighted by Gasteiger charge is -2.10. The number of hydrogen-bond acceptors (Lipinski definition) is 2. The first kappa shape index (κ1) is 25.7. The van der Waals surface area contributed by atoms with Gasteiger partial charge in [-0.2, -0.15) is 0 Å². The number of imidazole rings is 1. The van der Waals surface area contributed by atoms with Crippen LogP contribution in [0.4, 0.5) is 0 Å². The summed E-state index contributed by atoms with van der Waals surface area (Å²) in [4.78, 5) is 17.3. The van der Waals surface area contributed by atoms with Crippen LogP contribution >= 0.6 is 0 Å². The van der Waals surface area contributed by atoms with Crippen molar-refractivity contribution in [3.05, 3.63) is 90.3 Å². The molecule has 4 aromatic rings. The summed E-state index contributed by atoms with van der Waals surface area (Å²) in [5, 5.41) is 3.09. The van der Waals surface area contributed by atoms with E-state index >= 15 is 0 Å². The Morgan fingerprint density at radius 1 is 0.778 bits per heavy atom. The molecule has 4 heteroatoms. The van der Waals surface area contributed by atoms with Crippen LogP contribution in [-0.2, 0) is 24.2 Å². The summed E-state index contributed by atoms with van der Waals surface area (Å²) < 4.78 is 2.43. The van der Waals surface area contributed by atoms with Crippen LogP contribution in [0.25, 0.3) is 22.2 Å². The third-order valence-electron chi connectivity index (χ3n) is 6.79. The molecule has 1 amide bonds. The molecule has 36 heavy (non-hydrogen) atoms. The van der Waals surface area contributed by atoms with Gasteiger partial charge in [-0.1, -0.05) is 99.3 Å². The van der Waals surface area contributed by atoms with E-state index in [1.165, 1.54) is 48.2 Å². The number of carbonyl (C=O) groups is 1. The van der Waals surface area contributed by atoms with E-state index in [1.54, 1.807) is 0 Å². The number of aryl methyl sites for hydroxylation is 2. The van der Waals surface area contributed by atoms with E-state index in [0.29, 0.717) is 6.42 Å². The lowest BCUT2D eigenvalue weighted by molar-refractivity contribution is -0.120. The standard InChI is InChI=1S/C32H39N3O/c1-2-3-4-13-24-35-30-17-11-10-16-29(30)34-31(35)18-9-6-12-23-33-32(36)25-26-19-21-28(22-20-26)27-14-7-5-8-15-27/h5,7-8,10-11,14-17,19-22H,2-4,6,9,12-13,18,23-25H2,1H3,(H,33,36). The van der Waals surface area contributed by atoms with Crippen molar-refractivity contribution in [3.63, 3.8) is 0 Å². The van der Waals surface area contributed by atoms with Crippen molar-refractivity contribution >= 4 is 16.9 Å². The zero-order valence-electron chi connectivity index (χ0n) is 21.6. The van der Waals surface area contributed by atoms with Gasteiger partial charge in [0.25, 0.3) is 0 Å². The Balaban J connectivity index is 1.17. The van der Waals surface area contributed by atoms with E-state index in [1.807, 2.05) is 18.2 Å². The summed E-state index contributed by atoms with van der Waals surface area (Å²) >= 11 is 0. The van der Waals surface area contributed by atoms with Gasteiger partial charge in [-0.3, -0.25) is 4.79 Å². The molecule has 1 aromatic heterocycles. The van der Waals surface area contributed by atoms with Gasteiger partial charge in [-0.15, -0.1) is 0 Å². The molecule has 0 aliphatic carbocycles. The van der Waals surface area contributed by atoms with E-state index in [0.717, 1.165) is 49.9 Å². The van der Waals surface area contributed by atoms with E-state index in [-0.39, 0.29) is 5.91 Å². The predicted molar refractivity (Wildman–Crippen MR) is 150 cm³/mol. The van der Waals surface area contributed by atoms with Gasteiger partial charge >= 0.3 is 0 Å². The molecule has 4 nitrogen and oxygen atoms in total. The third kappa shape index (κ3) is 7.30. The van der Waals surface area contributed by atoms with Crippen LogP contribution in [0.1, 0.15) is 63.3 Å². The van der Waals surface area contributed by atoms with Crippen molar-refractivity contribution in [1.82, 2.24) is 14.9 Å². The van der Waals surface area contributed by atoms with Gasteiger partial charge in [0.15, 0.2) is 0 Å². The largest absolute Gasteiger partial charge is 0.356 e. The second kappa shape index (κ2) is 13.6. The van der Waals surface area contributed by atoms with Gasteiger partial charge in [0.05, 0.1) is 17.5 Å². The highest BCUT2D eigenvalue weighted by Crippen LogP contribution is 2.20. The lowest BCUT2D eigenvalue weighted by Crippen LogP contribution is -2.26. The van der Waals surface area contributed by atoms with Crippen molar-refractivity contribution in [2.45, 2.75) is 71.3 Å². The van der Waals surface area contributed by atoms with Crippen molar-refractivity contribution in [3.8, 4) is 11.1 Å². The molecule has 3 aromatic carbocycles. The van der Waals surface area contributed by atoms with Crippen molar-refractivity contribution in [1.29, 1.82) is 0 Å². The summed E-state index contributed by atoms with van der Waals surface area (Å²) in [6.07, 6.45) is 9.64. The van der Waals surface area contributed by atoms with E-state index in [9.17, 15) is 4.79 Å². The van der Waals surface area contributed by atoms with Gasteiger partial charge in [-0.25, -0.2) is 4.98 Å². The second-order valence-corrected chi connectivity index (χ2v) is 9.63. The molecule has 1 N–H and O–H groups in total.